The Balaban J connectivity index is 1.75. The molecule has 0 bridgehead atoms. The van der Waals surface area contributed by atoms with E-state index in [0.717, 1.165) is 29.2 Å². The average molecular weight is 364 g/mol. The van der Waals surface area contributed by atoms with Crippen LogP contribution >= 0.6 is 0 Å². The molecule has 0 radical (unpaired) electrons. The number of halogens is 3. The number of aromatic amines is 1. The number of aryl methyl sites for hydroxylation is 2. The number of hydrogen-bond acceptors (Lipinski definition) is 4. The van der Waals surface area contributed by atoms with E-state index in [2.05, 4.69) is 20.3 Å². The summed E-state index contributed by atoms with van der Waals surface area (Å²) in [5.41, 5.74) is 1.93. The Labute approximate surface area is 145 Å². The summed E-state index contributed by atoms with van der Waals surface area (Å²) in [6, 6.07) is 0.913. The van der Waals surface area contributed by atoms with Gasteiger partial charge in [-0.15, -0.1) is 0 Å². The Morgan fingerprint density at radius 3 is 2.81 bits per heavy atom. The lowest BCUT2D eigenvalue weighted by molar-refractivity contribution is -0.142. The minimum Gasteiger partial charge on any atom is -0.334 e. The van der Waals surface area contributed by atoms with Gasteiger partial charge in [0.05, 0.1) is 11.9 Å². The van der Waals surface area contributed by atoms with Crippen molar-refractivity contribution in [3.05, 3.63) is 46.2 Å². The van der Waals surface area contributed by atoms with Crippen LogP contribution in [0.2, 0.25) is 0 Å². The van der Waals surface area contributed by atoms with Crippen LogP contribution in [0.15, 0.2) is 12.3 Å². The lowest BCUT2D eigenvalue weighted by Crippen LogP contribution is -2.36. The number of amides is 1. The van der Waals surface area contributed by atoms with Crippen molar-refractivity contribution < 1.29 is 18.0 Å². The van der Waals surface area contributed by atoms with Crippen LogP contribution in [0.1, 0.15) is 38.7 Å². The molecule has 0 spiro atoms. The number of nitrogens with zero attached hydrogens (tertiary/aromatic N) is 5. The summed E-state index contributed by atoms with van der Waals surface area (Å²) in [6.45, 7) is 4.12. The molecule has 0 atom stereocenters. The molecule has 0 fully saturated rings. The van der Waals surface area contributed by atoms with Gasteiger partial charge in [-0.25, -0.2) is 9.50 Å². The second-order valence-corrected chi connectivity index (χ2v) is 6.32. The number of aromatic nitrogens is 5. The van der Waals surface area contributed by atoms with Gasteiger partial charge in [0.1, 0.15) is 11.3 Å². The van der Waals surface area contributed by atoms with E-state index < -0.39 is 17.8 Å². The molecule has 10 heteroatoms. The summed E-state index contributed by atoms with van der Waals surface area (Å²) in [7, 11) is 0. The molecule has 3 aromatic heterocycles. The number of nitrogens with one attached hydrogen (secondary N) is 1. The Morgan fingerprint density at radius 2 is 2.08 bits per heavy atom. The fourth-order valence-corrected chi connectivity index (χ4v) is 3.21. The molecular weight excluding hydrogens is 349 g/mol. The fraction of sp³-hybridized carbons (Fsp3) is 0.375. The third-order valence-electron chi connectivity index (χ3n) is 4.54. The summed E-state index contributed by atoms with van der Waals surface area (Å²) in [4.78, 5) is 18.6. The zero-order valence-electron chi connectivity index (χ0n) is 14.1. The van der Waals surface area contributed by atoms with E-state index in [1.807, 2.05) is 6.92 Å². The Hall–Kier alpha value is -2.91. The highest BCUT2D eigenvalue weighted by Crippen LogP contribution is 2.30. The lowest BCUT2D eigenvalue weighted by atomic mass is 10.1. The van der Waals surface area contributed by atoms with Crippen molar-refractivity contribution in [3.8, 4) is 0 Å². The first-order valence-corrected chi connectivity index (χ1v) is 8.00. The van der Waals surface area contributed by atoms with Gasteiger partial charge < -0.3 is 4.90 Å². The number of rotatable bonds is 1. The van der Waals surface area contributed by atoms with Crippen molar-refractivity contribution in [3.63, 3.8) is 0 Å². The molecule has 0 saturated carbocycles. The van der Waals surface area contributed by atoms with Crippen LogP contribution in [0.25, 0.3) is 5.65 Å². The van der Waals surface area contributed by atoms with Gasteiger partial charge in [-0.3, -0.25) is 9.89 Å². The van der Waals surface area contributed by atoms with Crippen molar-refractivity contribution in [2.45, 2.75) is 33.0 Å². The second-order valence-electron chi connectivity index (χ2n) is 6.32. The topological polar surface area (TPSA) is 79.2 Å². The molecular formula is C16H15F3N6O. The molecule has 136 valence electrons. The van der Waals surface area contributed by atoms with E-state index >= 15 is 0 Å². The van der Waals surface area contributed by atoms with Gasteiger partial charge in [0.25, 0.3) is 5.91 Å². The van der Waals surface area contributed by atoms with E-state index in [0.29, 0.717) is 24.0 Å². The van der Waals surface area contributed by atoms with Crippen LogP contribution in [-0.4, -0.2) is 42.1 Å². The van der Waals surface area contributed by atoms with Crippen LogP contribution in [-0.2, 0) is 19.1 Å². The highest BCUT2D eigenvalue weighted by molar-refractivity contribution is 5.99. The van der Waals surface area contributed by atoms with Crippen molar-refractivity contribution in [2.24, 2.45) is 0 Å². The molecule has 0 aromatic carbocycles. The first-order chi connectivity index (χ1) is 12.3. The SMILES string of the molecule is Cc1cc(C(F)(F)F)n2ncc(C(=O)N3CCc4n[nH]c(C)c4C3)c2n1. The number of alkyl halides is 3. The minimum atomic E-state index is -4.59. The molecule has 7 nitrogen and oxygen atoms in total. The maximum atomic E-state index is 13.2. The van der Waals surface area contributed by atoms with Gasteiger partial charge in [0.2, 0.25) is 0 Å². The summed E-state index contributed by atoms with van der Waals surface area (Å²) < 4.78 is 40.4. The zero-order valence-corrected chi connectivity index (χ0v) is 14.1. The predicted octanol–water partition coefficient (Wildman–Crippen LogP) is 2.29. The van der Waals surface area contributed by atoms with E-state index in [1.54, 1.807) is 4.90 Å². The highest BCUT2D eigenvalue weighted by atomic mass is 19.4. The minimum absolute atomic E-state index is 0.0591. The molecule has 4 heterocycles. The van der Waals surface area contributed by atoms with Crippen LogP contribution in [0.3, 0.4) is 0 Å². The van der Waals surface area contributed by atoms with Crippen molar-refractivity contribution >= 4 is 11.6 Å². The molecule has 26 heavy (non-hydrogen) atoms. The number of H-pyrrole nitrogens is 1. The van der Waals surface area contributed by atoms with Gasteiger partial charge in [-0.2, -0.15) is 23.4 Å². The molecule has 4 rings (SSSR count). The number of carbonyl (C=O) groups excluding carboxylic acids is 1. The van der Waals surface area contributed by atoms with Gasteiger partial charge in [-0.1, -0.05) is 0 Å². The van der Waals surface area contributed by atoms with Crippen molar-refractivity contribution in [2.75, 3.05) is 6.54 Å². The summed E-state index contributed by atoms with van der Waals surface area (Å²) in [5, 5.41) is 10.9. The third-order valence-corrected chi connectivity index (χ3v) is 4.54. The van der Waals surface area contributed by atoms with E-state index in [4.69, 9.17) is 0 Å². The van der Waals surface area contributed by atoms with Crippen LogP contribution < -0.4 is 0 Å². The maximum Gasteiger partial charge on any atom is 0.433 e. The first kappa shape index (κ1) is 16.6. The van der Waals surface area contributed by atoms with Crippen molar-refractivity contribution in [1.82, 2.24) is 29.7 Å². The molecule has 0 saturated heterocycles. The van der Waals surface area contributed by atoms with Gasteiger partial charge in [-0.05, 0) is 19.9 Å². The largest absolute Gasteiger partial charge is 0.433 e. The highest BCUT2D eigenvalue weighted by Gasteiger charge is 2.36. The van der Waals surface area contributed by atoms with Crippen molar-refractivity contribution in [1.29, 1.82) is 0 Å². The lowest BCUT2D eigenvalue weighted by Gasteiger charge is -2.26. The Morgan fingerprint density at radius 1 is 1.31 bits per heavy atom. The molecule has 3 aromatic rings. The molecule has 0 aliphatic carbocycles. The molecule has 0 unspecified atom stereocenters. The van der Waals surface area contributed by atoms with Gasteiger partial charge >= 0.3 is 6.18 Å². The standard InChI is InChI=1S/C16H15F3N6O/c1-8-5-13(16(17,18)19)25-14(21-8)10(6-20-25)15(26)24-4-3-12-11(7-24)9(2)22-23-12/h5-6H,3-4,7H2,1-2H3,(H,22,23). The maximum absolute atomic E-state index is 13.2. The first-order valence-electron chi connectivity index (χ1n) is 8.00. The van der Waals surface area contributed by atoms with E-state index in [9.17, 15) is 18.0 Å². The monoisotopic (exact) mass is 364 g/mol. The van der Waals surface area contributed by atoms with E-state index in [-0.39, 0.29) is 16.9 Å². The summed E-state index contributed by atoms with van der Waals surface area (Å²) >= 11 is 0. The third kappa shape index (κ3) is 2.52. The average Bonchev–Trinajstić information content (AvgIpc) is 3.16. The van der Waals surface area contributed by atoms with Crippen LogP contribution in [0, 0.1) is 13.8 Å². The smallest absolute Gasteiger partial charge is 0.334 e. The molecule has 1 amide bonds. The zero-order chi connectivity index (χ0) is 18.6. The van der Waals surface area contributed by atoms with Gasteiger partial charge in [0.15, 0.2) is 5.65 Å². The van der Waals surface area contributed by atoms with E-state index in [1.165, 1.54) is 6.92 Å². The second kappa shape index (κ2) is 5.55. The Bertz CT molecular complexity index is 1020. The quantitative estimate of drug-likeness (QED) is 0.719. The number of carbonyl (C=O) groups is 1. The number of fused-ring (bicyclic) bond motifs is 2. The Kier molecular flexibility index (Phi) is 3.53. The predicted molar refractivity (Wildman–Crippen MR) is 84.5 cm³/mol. The summed E-state index contributed by atoms with van der Waals surface area (Å²) in [5.74, 6) is -0.391. The van der Waals surface area contributed by atoms with Gasteiger partial charge in [0, 0.05) is 36.5 Å². The van der Waals surface area contributed by atoms with Crippen LogP contribution in [0.4, 0.5) is 13.2 Å². The normalized spacial score (nSPS) is 14.7. The number of hydrogen-bond donors (Lipinski definition) is 1. The molecule has 1 aliphatic heterocycles. The summed E-state index contributed by atoms with van der Waals surface area (Å²) in [6.07, 6.45) is -2.85. The molecule has 1 N–H and O–H groups in total. The molecule has 1 aliphatic rings. The van der Waals surface area contributed by atoms with Crippen LogP contribution in [0.5, 0.6) is 0 Å². The fourth-order valence-electron chi connectivity index (χ4n) is 3.21.